The van der Waals surface area contributed by atoms with Crippen LogP contribution in [0.15, 0.2) is 66.2 Å². The first-order chi connectivity index (χ1) is 16.3. The lowest BCUT2D eigenvalue weighted by molar-refractivity contribution is -0.132. The molecule has 1 unspecified atom stereocenters. The van der Waals surface area contributed by atoms with Crippen LogP contribution in [-0.4, -0.2) is 31.0 Å². The fourth-order valence-corrected chi connectivity index (χ4v) is 4.45. The molecule has 1 amide bonds. The van der Waals surface area contributed by atoms with E-state index < -0.39 is 17.7 Å². The van der Waals surface area contributed by atoms with Gasteiger partial charge in [-0.3, -0.25) is 14.5 Å². The Bertz CT molecular complexity index is 1320. The van der Waals surface area contributed by atoms with E-state index in [1.807, 2.05) is 51.1 Å². The molecule has 0 spiro atoms. The second kappa shape index (κ2) is 9.06. The summed E-state index contributed by atoms with van der Waals surface area (Å²) in [5.41, 5.74) is 4.33. The molecule has 1 heterocycles. The molecule has 1 N–H and O–H groups in total. The molecule has 0 saturated carbocycles. The Hall–Kier alpha value is -4.06. The molecule has 174 valence electrons. The van der Waals surface area contributed by atoms with E-state index in [1.54, 1.807) is 37.4 Å². The van der Waals surface area contributed by atoms with Gasteiger partial charge in [-0.15, -0.1) is 0 Å². The van der Waals surface area contributed by atoms with Crippen molar-refractivity contribution in [2.75, 3.05) is 19.1 Å². The number of amides is 1. The number of aryl methyl sites for hydroxylation is 2. The first-order valence-electron chi connectivity index (χ1n) is 10.9. The number of ketones is 1. The Morgan fingerprint density at radius 2 is 1.56 bits per heavy atom. The van der Waals surface area contributed by atoms with E-state index in [1.165, 1.54) is 12.0 Å². The number of nitrogens with zero attached hydrogens (tertiary/aromatic N) is 1. The number of aliphatic hydroxyl groups is 1. The molecule has 1 aliphatic rings. The summed E-state index contributed by atoms with van der Waals surface area (Å²) in [7, 11) is 3.11. The van der Waals surface area contributed by atoms with Crippen LogP contribution in [0.3, 0.4) is 0 Å². The summed E-state index contributed by atoms with van der Waals surface area (Å²) < 4.78 is 10.9. The van der Waals surface area contributed by atoms with E-state index in [-0.39, 0.29) is 11.3 Å². The lowest BCUT2D eigenvalue weighted by Gasteiger charge is -2.28. The van der Waals surface area contributed by atoms with E-state index in [4.69, 9.17) is 9.47 Å². The first kappa shape index (κ1) is 23.1. The van der Waals surface area contributed by atoms with Crippen molar-refractivity contribution in [3.05, 3.63) is 94.1 Å². The Morgan fingerprint density at radius 3 is 2.24 bits per heavy atom. The van der Waals surface area contributed by atoms with Crippen molar-refractivity contribution >= 4 is 23.1 Å². The quantitative estimate of drug-likeness (QED) is 0.322. The number of Topliss-reactive ketones (excluding diaryl/α,β-unsaturated/α-hetero) is 1. The van der Waals surface area contributed by atoms with Crippen LogP contribution >= 0.6 is 0 Å². The Balaban J connectivity index is 2.01. The van der Waals surface area contributed by atoms with Gasteiger partial charge in [-0.1, -0.05) is 30.3 Å². The zero-order valence-corrected chi connectivity index (χ0v) is 19.9. The molecule has 0 radical (unpaired) electrons. The highest BCUT2D eigenvalue weighted by Gasteiger charge is 2.48. The number of hydrogen-bond acceptors (Lipinski definition) is 5. The van der Waals surface area contributed by atoms with Gasteiger partial charge < -0.3 is 14.6 Å². The number of hydrogen-bond donors (Lipinski definition) is 1. The van der Waals surface area contributed by atoms with E-state index >= 15 is 0 Å². The number of para-hydroxylation sites is 1. The topological polar surface area (TPSA) is 76.1 Å². The summed E-state index contributed by atoms with van der Waals surface area (Å²) in [5, 5.41) is 11.4. The number of ether oxygens (including phenoxy) is 2. The predicted molar refractivity (Wildman–Crippen MR) is 131 cm³/mol. The van der Waals surface area contributed by atoms with Gasteiger partial charge in [-0.2, -0.15) is 0 Å². The molecular weight excluding hydrogens is 430 g/mol. The molecule has 6 nitrogen and oxygen atoms in total. The van der Waals surface area contributed by atoms with Crippen LogP contribution in [0.1, 0.15) is 33.9 Å². The third-order valence-corrected chi connectivity index (χ3v) is 6.38. The zero-order chi connectivity index (χ0) is 24.6. The number of benzene rings is 3. The lowest BCUT2D eigenvalue weighted by Crippen LogP contribution is -2.30. The molecule has 4 rings (SSSR count). The second-order valence-corrected chi connectivity index (χ2v) is 8.31. The molecule has 1 atom stereocenters. The fourth-order valence-electron chi connectivity index (χ4n) is 4.45. The van der Waals surface area contributed by atoms with Gasteiger partial charge in [-0.05, 0) is 67.8 Å². The maximum absolute atomic E-state index is 13.4. The molecule has 1 fully saturated rings. The van der Waals surface area contributed by atoms with Gasteiger partial charge in [0.15, 0.2) is 0 Å². The minimum absolute atomic E-state index is 0.0139. The lowest BCUT2D eigenvalue weighted by atomic mass is 9.93. The SMILES string of the molecule is COc1ccc(/C(O)=C2\C(=O)C(=O)N(c3cccc(C)c3C)C2c2ccccc2OC)cc1C. The van der Waals surface area contributed by atoms with Gasteiger partial charge in [-0.25, -0.2) is 0 Å². The summed E-state index contributed by atoms with van der Waals surface area (Å²) in [6, 6.07) is 17.1. The van der Waals surface area contributed by atoms with Crippen LogP contribution in [0.5, 0.6) is 11.5 Å². The Kier molecular flexibility index (Phi) is 6.16. The van der Waals surface area contributed by atoms with Crippen molar-refractivity contribution in [2.45, 2.75) is 26.8 Å². The maximum atomic E-state index is 13.4. The molecule has 1 saturated heterocycles. The van der Waals surface area contributed by atoms with E-state index in [2.05, 4.69) is 0 Å². The average molecular weight is 458 g/mol. The van der Waals surface area contributed by atoms with Crippen LogP contribution in [0.2, 0.25) is 0 Å². The van der Waals surface area contributed by atoms with Gasteiger partial charge >= 0.3 is 0 Å². The van der Waals surface area contributed by atoms with Gasteiger partial charge in [0.1, 0.15) is 17.3 Å². The van der Waals surface area contributed by atoms with Crippen molar-refractivity contribution in [2.24, 2.45) is 0 Å². The van der Waals surface area contributed by atoms with Crippen molar-refractivity contribution in [3.8, 4) is 11.5 Å². The van der Waals surface area contributed by atoms with Crippen molar-refractivity contribution in [3.63, 3.8) is 0 Å². The third-order valence-electron chi connectivity index (χ3n) is 6.38. The molecule has 6 heteroatoms. The number of carbonyl (C=O) groups is 2. The van der Waals surface area contributed by atoms with Crippen molar-refractivity contribution in [1.29, 1.82) is 0 Å². The number of rotatable bonds is 5. The van der Waals surface area contributed by atoms with Crippen LogP contribution in [-0.2, 0) is 9.59 Å². The fraction of sp³-hybridized carbons (Fsp3) is 0.214. The molecule has 0 aromatic heterocycles. The minimum Gasteiger partial charge on any atom is -0.507 e. The van der Waals surface area contributed by atoms with Gasteiger partial charge in [0.25, 0.3) is 11.7 Å². The Morgan fingerprint density at radius 1 is 0.853 bits per heavy atom. The standard InChI is InChI=1S/C28H27NO5/c1-16-9-8-11-21(18(16)3)29-25(20-10-6-7-12-23(20)34-5)24(27(31)28(29)32)26(30)19-13-14-22(33-4)17(2)15-19/h6-15,25,30H,1-5H3/b26-24+. The smallest absolute Gasteiger partial charge is 0.300 e. The second-order valence-electron chi connectivity index (χ2n) is 8.31. The summed E-state index contributed by atoms with van der Waals surface area (Å²) >= 11 is 0. The molecule has 0 aliphatic carbocycles. The predicted octanol–water partition coefficient (Wildman–Crippen LogP) is 5.26. The largest absolute Gasteiger partial charge is 0.507 e. The minimum atomic E-state index is -0.862. The summed E-state index contributed by atoms with van der Waals surface area (Å²) in [4.78, 5) is 28.3. The number of methoxy groups -OCH3 is 2. The molecule has 3 aromatic rings. The highest BCUT2D eigenvalue weighted by molar-refractivity contribution is 6.51. The normalized spacial score (nSPS) is 17.2. The van der Waals surface area contributed by atoms with E-state index in [9.17, 15) is 14.7 Å². The summed E-state index contributed by atoms with van der Waals surface area (Å²) in [6.07, 6.45) is 0. The van der Waals surface area contributed by atoms with Gasteiger partial charge in [0.2, 0.25) is 0 Å². The zero-order valence-electron chi connectivity index (χ0n) is 19.9. The van der Waals surface area contributed by atoms with Crippen LogP contribution in [0, 0.1) is 20.8 Å². The average Bonchev–Trinajstić information content (AvgIpc) is 3.10. The Labute approximate surface area is 199 Å². The number of aliphatic hydroxyl groups excluding tert-OH is 1. The van der Waals surface area contributed by atoms with Crippen LogP contribution in [0.4, 0.5) is 5.69 Å². The highest BCUT2D eigenvalue weighted by atomic mass is 16.5. The molecule has 34 heavy (non-hydrogen) atoms. The maximum Gasteiger partial charge on any atom is 0.300 e. The van der Waals surface area contributed by atoms with Crippen molar-refractivity contribution in [1.82, 2.24) is 0 Å². The monoisotopic (exact) mass is 457 g/mol. The van der Waals surface area contributed by atoms with Crippen molar-refractivity contribution < 1.29 is 24.2 Å². The third kappa shape index (κ3) is 3.71. The number of anilines is 1. The first-order valence-corrected chi connectivity index (χ1v) is 10.9. The molecule has 3 aromatic carbocycles. The van der Waals surface area contributed by atoms with Gasteiger partial charge in [0.05, 0.1) is 25.8 Å². The molecule has 1 aliphatic heterocycles. The van der Waals surface area contributed by atoms with Crippen LogP contribution < -0.4 is 14.4 Å². The van der Waals surface area contributed by atoms with Gasteiger partial charge in [0, 0.05) is 16.8 Å². The summed E-state index contributed by atoms with van der Waals surface area (Å²) in [5.74, 6) is -0.512. The summed E-state index contributed by atoms with van der Waals surface area (Å²) in [6.45, 7) is 5.71. The van der Waals surface area contributed by atoms with Crippen LogP contribution in [0.25, 0.3) is 5.76 Å². The molecular formula is C28H27NO5. The van der Waals surface area contributed by atoms with E-state index in [0.717, 1.165) is 16.7 Å². The number of carbonyl (C=O) groups excluding carboxylic acids is 2. The molecule has 0 bridgehead atoms. The van der Waals surface area contributed by atoms with E-state index in [0.29, 0.717) is 28.3 Å². The highest BCUT2D eigenvalue weighted by Crippen LogP contribution is 2.46.